The predicted octanol–water partition coefficient (Wildman–Crippen LogP) is 5.33. The molecule has 3 aliphatic heterocycles. The molecule has 0 N–H and O–H groups in total. The van der Waals surface area contributed by atoms with E-state index in [0.29, 0.717) is 17.6 Å². The number of carbonyl (C=O) groups excluding carboxylic acids is 1. The highest BCUT2D eigenvalue weighted by atomic mass is 32.2. The molecule has 0 aromatic heterocycles. The van der Waals surface area contributed by atoms with Crippen molar-refractivity contribution in [2.45, 2.75) is 30.4 Å². The van der Waals surface area contributed by atoms with Crippen LogP contribution in [0.4, 0.5) is 23.7 Å². The van der Waals surface area contributed by atoms with Crippen LogP contribution in [0.25, 0.3) is 0 Å². The van der Waals surface area contributed by atoms with E-state index in [9.17, 15) is 26.4 Å². The maximum absolute atomic E-state index is 14.7. The van der Waals surface area contributed by atoms with Gasteiger partial charge in [-0.05, 0) is 42.0 Å². The largest absolute Gasteiger partial charge is 0.440 e. The second-order valence-electron chi connectivity index (χ2n) is 10.4. The minimum absolute atomic E-state index is 0.0141. The van der Waals surface area contributed by atoms with Crippen molar-refractivity contribution in [3.05, 3.63) is 95.8 Å². The number of sulfone groups is 1. The lowest BCUT2D eigenvalue weighted by molar-refractivity contribution is -0.944. The number of carbonyl (C=O) groups is 1. The SMILES string of the molecule is O=C(O[C@H]1C[N+]2(CCS(=O)(=O)c3ccccc3)CCC1CC2)N(Cc1ccc(F)c(F)c1)c1ccccc1F. The smallest absolute Gasteiger partial charge is 0.415 e. The van der Waals surface area contributed by atoms with Crippen LogP contribution in [-0.2, 0) is 21.1 Å². The van der Waals surface area contributed by atoms with Crippen LogP contribution in [0.15, 0.2) is 77.7 Å². The predicted molar refractivity (Wildman–Crippen MR) is 140 cm³/mol. The molecule has 0 aliphatic carbocycles. The van der Waals surface area contributed by atoms with Crippen LogP contribution in [0.2, 0.25) is 0 Å². The molecule has 3 aromatic carbocycles. The van der Waals surface area contributed by atoms with Crippen LogP contribution in [0.1, 0.15) is 18.4 Å². The van der Waals surface area contributed by atoms with Gasteiger partial charge in [0, 0.05) is 18.8 Å². The highest BCUT2D eigenvalue weighted by Gasteiger charge is 2.48. The van der Waals surface area contributed by atoms with Crippen molar-refractivity contribution < 1.29 is 35.6 Å². The molecule has 1 atom stereocenters. The number of hydrogen-bond acceptors (Lipinski definition) is 4. The van der Waals surface area contributed by atoms with E-state index in [4.69, 9.17) is 4.74 Å². The molecule has 0 spiro atoms. The second kappa shape index (κ2) is 11.0. The van der Waals surface area contributed by atoms with Crippen molar-refractivity contribution in [1.82, 2.24) is 0 Å². The van der Waals surface area contributed by atoms with Crippen LogP contribution in [0, 0.1) is 23.4 Å². The van der Waals surface area contributed by atoms with E-state index in [-0.39, 0.29) is 34.4 Å². The molecule has 39 heavy (non-hydrogen) atoms. The van der Waals surface area contributed by atoms with E-state index in [2.05, 4.69) is 0 Å². The third-order valence-corrected chi connectivity index (χ3v) is 9.63. The zero-order chi connectivity index (χ0) is 27.6. The molecule has 206 valence electrons. The summed E-state index contributed by atoms with van der Waals surface area (Å²) < 4.78 is 74.4. The van der Waals surface area contributed by atoms with Crippen LogP contribution in [0.3, 0.4) is 0 Å². The summed E-state index contributed by atoms with van der Waals surface area (Å²) in [5.74, 6) is -2.64. The number of anilines is 1. The van der Waals surface area contributed by atoms with E-state index in [1.165, 1.54) is 24.3 Å². The van der Waals surface area contributed by atoms with Gasteiger partial charge in [-0.25, -0.2) is 26.4 Å². The lowest BCUT2D eigenvalue weighted by Gasteiger charge is -2.52. The molecular weight excluding hydrogens is 529 g/mol. The van der Waals surface area contributed by atoms with Crippen LogP contribution < -0.4 is 4.90 Å². The van der Waals surface area contributed by atoms with E-state index >= 15 is 0 Å². The summed E-state index contributed by atoms with van der Waals surface area (Å²) in [6.45, 7) is 2.26. The normalized spacial score (nSPS) is 22.4. The van der Waals surface area contributed by atoms with Crippen molar-refractivity contribution in [2.75, 3.05) is 36.8 Å². The number of benzene rings is 3. The number of nitrogens with zero attached hydrogens (tertiary/aromatic N) is 2. The Morgan fingerprint density at radius 3 is 2.28 bits per heavy atom. The molecule has 3 saturated heterocycles. The quantitative estimate of drug-likeness (QED) is 0.350. The summed E-state index contributed by atoms with van der Waals surface area (Å²) in [6, 6.07) is 17.3. The Labute approximate surface area is 226 Å². The van der Waals surface area contributed by atoms with Crippen molar-refractivity contribution >= 4 is 21.6 Å². The first-order chi connectivity index (χ1) is 18.7. The van der Waals surface area contributed by atoms with Crippen molar-refractivity contribution in [3.63, 3.8) is 0 Å². The minimum Gasteiger partial charge on any atom is -0.440 e. The van der Waals surface area contributed by atoms with E-state index in [0.717, 1.165) is 43.0 Å². The monoisotopic (exact) mass is 559 g/mol. The number of quaternary nitrogens is 1. The lowest BCUT2D eigenvalue weighted by atomic mass is 9.83. The summed E-state index contributed by atoms with van der Waals surface area (Å²) in [7, 11) is -3.46. The Morgan fingerprint density at radius 1 is 0.897 bits per heavy atom. The number of piperidine rings is 3. The third kappa shape index (κ3) is 5.96. The lowest BCUT2D eigenvalue weighted by Crippen LogP contribution is -2.65. The van der Waals surface area contributed by atoms with Crippen molar-refractivity contribution in [1.29, 1.82) is 0 Å². The summed E-state index contributed by atoms with van der Waals surface area (Å²) in [5.41, 5.74) is 0.240. The maximum Gasteiger partial charge on any atom is 0.415 e. The van der Waals surface area contributed by atoms with Crippen LogP contribution in [-0.4, -0.2) is 57.0 Å². The Morgan fingerprint density at radius 2 is 1.59 bits per heavy atom. The Bertz CT molecular complexity index is 1440. The molecule has 0 unspecified atom stereocenters. The summed E-state index contributed by atoms with van der Waals surface area (Å²) in [5, 5.41) is 0. The van der Waals surface area contributed by atoms with Gasteiger partial charge in [-0.15, -0.1) is 0 Å². The average molecular weight is 560 g/mol. The average Bonchev–Trinajstić information content (AvgIpc) is 2.94. The van der Waals surface area contributed by atoms with Gasteiger partial charge in [0.25, 0.3) is 0 Å². The zero-order valence-corrected chi connectivity index (χ0v) is 22.1. The first kappa shape index (κ1) is 27.2. The number of hydrogen-bond donors (Lipinski definition) is 0. The van der Waals surface area contributed by atoms with Gasteiger partial charge in [0.05, 0.1) is 36.8 Å². The van der Waals surface area contributed by atoms with Gasteiger partial charge in [-0.3, -0.25) is 4.90 Å². The first-order valence-corrected chi connectivity index (χ1v) is 14.6. The molecular formula is C29H30F3N2O4S+. The molecule has 2 bridgehead atoms. The Kier molecular flexibility index (Phi) is 7.68. The molecule has 10 heteroatoms. The van der Waals surface area contributed by atoms with E-state index in [1.807, 2.05) is 0 Å². The van der Waals surface area contributed by atoms with Gasteiger partial charge in [0.1, 0.15) is 18.1 Å². The Balaban J connectivity index is 1.32. The number of amides is 1. The maximum atomic E-state index is 14.7. The summed E-state index contributed by atoms with van der Waals surface area (Å²) in [6.07, 6.45) is 0.301. The molecule has 0 radical (unpaired) electrons. The minimum atomic E-state index is -3.46. The topological polar surface area (TPSA) is 63.7 Å². The fourth-order valence-corrected chi connectivity index (χ4v) is 7.10. The number of fused-ring (bicyclic) bond motifs is 3. The summed E-state index contributed by atoms with van der Waals surface area (Å²) in [4.78, 5) is 14.8. The fourth-order valence-electron chi connectivity index (χ4n) is 5.66. The van der Waals surface area contributed by atoms with Gasteiger partial charge >= 0.3 is 6.09 Å². The van der Waals surface area contributed by atoms with Gasteiger partial charge in [-0.2, -0.15) is 0 Å². The third-order valence-electron chi connectivity index (χ3n) is 7.92. The zero-order valence-electron chi connectivity index (χ0n) is 21.3. The molecule has 3 aromatic rings. The van der Waals surface area contributed by atoms with E-state index < -0.39 is 39.5 Å². The molecule has 6 rings (SSSR count). The summed E-state index contributed by atoms with van der Waals surface area (Å²) >= 11 is 0. The van der Waals surface area contributed by atoms with Crippen molar-refractivity contribution in [2.24, 2.45) is 5.92 Å². The molecule has 3 aliphatic rings. The number of rotatable bonds is 8. The van der Waals surface area contributed by atoms with Crippen LogP contribution in [0.5, 0.6) is 0 Å². The molecule has 3 fully saturated rings. The molecule has 3 heterocycles. The number of ether oxygens (including phenoxy) is 1. The first-order valence-electron chi connectivity index (χ1n) is 13.0. The van der Waals surface area contributed by atoms with Crippen LogP contribution >= 0.6 is 0 Å². The molecule has 1 amide bonds. The van der Waals surface area contributed by atoms with Crippen molar-refractivity contribution in [3.8, 4) is 0 Å². The Hall–Kier alpha value is -3.37. The van der Waals surface area contributed by atoms with Gasteiger partial charge in [0.15, 0.2) is 27.6 Å². The highest BCUT2D eigenvalue weighted by molar-refractivity contribution is 7.91. The fraction of sp³-hybridized carbons (Fsp3) is 0.345. The second-order valence-corrected chi connectivity index (χ2v) is 12.5. The standard InChI is InChI=1S/C29H30F3N2O4S/c30-24-11-10-21(18-26(24)32)19-33(27-9-5-4-8-25(27)31)29(35)38-28-20-34(14-12-22(28)13-15-34)16-17-39(36,37)23-6-2-1-3-7-23/h1-11,18,22,28H,12-17,19-20H2/q+1/t22?,28-,34?/m0/s1. The molecule has 0 saturated carbocycles. The van der Waals surface area contributed by atoms with Gasteiger partial charge < -0.3 is 9.22 Å². The highest BCUT2D eigenvalue weighted by Crippen LogP contribution is 2.36. The van der Waals surface area contributed by atoms with Gasteiger partial charge in [-0.1, -0.05) is 36.4 Å². The number of halogens is 3. The molecule has 6 nitrogen and oxygen atoms in total. The van der Waals surface area contributed by atoms with Gasteiger partial charge in [0.2, 0.25) is 0 Å². The van der Waals surface area contributed by atoms with E-state index in [1.54, 1.807) is 36.4 Å². The number of para-hydroxylation sites is 1.